The van der Waals surface area contributed by atoms with Crippen LogP contribution in [0.5, 0.6) is 0 Å². The molecule has 0 saturated heterocycles. The summed E-state index contributed by atoms with van der Waals surface area (Å²) < 4.78 is 19.9. The van der Waals surface area contributed by atoms with Crippen molar-refractivity contribution in [3.05, 3.63) is 0 Å². The van der Waals surface area contributed by atoms with Crippen molar-refractivity contribution in [3.8, 4) is 0 Å². The fourth-order valence-electron chi connectivity index (χ4n) is 0.606. The molecule has 0 N–H and O–H groups in total. The predicted octanol–water partition coefficient (Wildman–Crippen LogP) is -2.57. The Kier molecular flexibility index (Phi) is 18.3. The monoisotopic (exact) mass is 186 g/mol. The van der Waals surface area contributed by atoms with Gasteiger partial charge in [-0.15, -0.1) is 0 Å². The summed E-state index contributed by atoms with van der Waals surface area (Å²) in [5.74, 6) is 0. The molecule has 0 aromatic heterocycles. The average Bonchev–Trinajstić information content (AvgIpc) is 2.10. The van der Waals surface area contributed by atoms with Crippen LogP contribution in [0, 0.1) is 0 Å². The number of hydrogen-bond donors (Lipinski definition) is 0. The number of hydrogen-bond acceptors (Lipinski definition) is 4. The summed E-state index contributed by atoms with van der Waals surface area (Å²) in [6.45, 7) is 3.77. The Hall–Kier alpha value is 0.437. The van der Waals surface area contributed by atoms with Crippen LogP contribution in [0.4, 0.5) is 0 Å². The minimum absolute atomic E-state index is 0. The molecule has 0 aliphatic heterocycles. The zero-order chi connectivity index (χ0) is 9.07. The van der Waals surface area contributed by atoms with Gasteiger partial charge < -0.3 is 20.4 Å². The molecular weight excluding hydrogens is 167 g/mol. The van der Waals surface area contributed by atoms with Gasteiger partial charge in [0.25, 0.3) is 0 Å². The first-order valence-electron chi connectivity index (χ1n) is 4.05. The molecule has 0 aromatic rings. The molecule has 0 bridgehead atoms. The van der Waals surface area contributed by atoms with Gasteiger partial charge in [0.2, 0.25) is 0 Å². The quantitative estimate of drug-likeness (QED) is 0.293. The molecule has 4 nitrogen and oxygen atoms in total. The predicted molar refractivity (Wildman–Crippen MR) is 46.5 cm³/mol. The van der Waals surface area contributed by atoms with E-state index in [2.05, 4.69) is 0 Å². The molecule has 76 valence electrons. The molecule has 0 amide bonds. The molecule has 0 aromatic carbocycles. The minimum Gasteiger partial charge on any atom is -1.00 e. The summed E-state index contributed by atoms with van der Waals surface area (Å²) in [6, 6.07) is 0. The molecule has 0 unspecified atom stereocenters. The van der Waals surface area contributed by atoms with Crippen molar-refractivity contribution < 1.29 is 39.2 Å². The maximum absolute atomic E-state index is 5.16. The Morgan fingerprint density at radius 2 is 1.00 bits per heavy atom. The summed E-state index contributed by atoms with van der Waals surface area (Å²) in [5, 5.41) is 0. The van der Waals surface area contributed by atoms with Crippen molar-refractivity contribution in [2.75, 3.05) is 53.9 Å². The first-order valence-corrected chi connectivity index (χ1v) is 4.05. The fraction of sp³-hybridized carbons (Fsp3) is 1.00. The molecule has 0 rings (SSSR count). The molecule has 0 atom stereocenters. The maximum atomic E-state index is 5.16. The van der Waals surface area contributed by atoms with E-state index in [0.717, 1.165) is 0 Å². The van der Waals surface area contributed by atoms with Crippen LogP contribution in [0.15, 0.2) is 0 Å². The van der Waals surface area contributed by atoms with E-state index in [0.29, 0.717) is 39.6 Å². The van der Waals surface area contributed by atoms with Gasteiger partial charge in [-0.3, -0.25) is 0 Å². The van der Waals surface area contributed by atoms with Crippen molar-refractivity contribution in [1.29, 1.82) is 0 Å². The summed E-state index contributed by atoms with van der Waals surface area (Å²) in [6.07, 6.45) is 0. The standard InChI is InChI=1S/C8H18O4.Li.H/c1-9-3-5-11-7-8-12-6-4-10-2;;/h3-8H2,1-2H3;;/q;+1;-1. The maximum Gasteiger partial charge on any atom is 1.00 e. The average molecular weight is 186 g/mol. The smallest absolute Gasteiger partial charge is 1.00 e. The van der Waals surface area contributed by atoms with Gasteiger partial charge in [0.1, 0.15) is 0 Å². The molecule has 0 heterocycles. The van der Waals surface area contributed by atoms with E-state index in [1.807, 2.05) is 0 Å². The zero-order valence-corrected chi connectivity index (χ0v) is 8.88. The Bertz CT molecular complexity index is 77.7. The largest absolute Gasteiger partial charge is 1.00 e. The van der Waals surface area contributed by atoms with Crippen molar-refractivity contribution in [2.45, 2.75) is 0 Å². The second-order valence-electron chi connectivity index (χ2n) is 2.21. The summed E-state index contributed by atoms with van der Waals surface area (Å²) >= 11 is 0. The van der Waals surface area contributed by atoms with Gasteiger partial charge in [0, 0.05) is 14.2 Å². The fourth-order valence-corrected chi connectivity index (χ4v) is 0.606. The molecule has 5 heteroatoms. The van der Waals surface area contributed by atoms with Gasteiger partial charge in [-0.1, -0.05) is 0 Å². The van der Waals surface area contributed by atoms with Crippen LogP contribution >= 0.6 is 0 Å². The van der Waals surface area contributed by atoms with Gasteiger partial charge in [-0.25, -0.2) is 0 Å². The minimum atomic E-state index is 0. The third kappa shape index (κ3) is 15.2. The summed E-state index contributed by atoms with van der Waals surface area (Å²) in [5.41, 5.74) is 0. The van der Waals surface area contributed by atoms with Crippen molar-refractivity contribution in [2.24, 2.45) is 0 Å². The van der Waals surface area contributed by atoms with Crippen LogP contribution in [-0.4, -0.2) is 53.9 Å². The van der Waals surface area contributed by atoms with Crippen LogP contribution in [0.1, 0.15) is 1.43 Å². The number of ether oxygens (including phenoxy) is 4. The molecule has 0 saturated carbocycles. The summed E-state index contributed by atoms with van der Waals surface area (Å²) in [4.78, 5) is 0. The van der Waals surface area contributed by atoms with Crippen LogP contribution in [0.25, 0.3) is 0 Å². The molecule has 0 aliphatic carbocycles. The number of rotatable bonds is 9. The normalized spacial score (nSPS) is 9.69. The van der Waals surface area contributed by atoms with Crippen LogP contribution in [-0.2, 0) is 18.9 Å². The second kappa shape index (κ2) is 14.9. The van der Waals surface area contributed by atoms with Gasteiger partial charge in [0.15, 0.2) is 0 Å². The van der Waals surface area contributed by atoms with Gasteiger partial charge in [0.05, 0.1) is 39.6 Å². The molecule has 0 radical (unpaired) electrons. The number of methoxy groups -OCH3 is 2. The Morgan fingerprint density at radius 1 is 0.692 bits per heavy atom. The topological polar surface area (TPSA) is 36.9 Å². The van der Waals surface area contributed by atoms with Crippen molar-refractivity contribution >= 4 is 0 Å². The van der Waals surface area contributed by atoms with Gasteiger partial charge >= 0.3 is 18.9 Å². The van der Waals surface area contributed by atoms with Crippen molar-refractivity contribution in [3.63, 3.8) is 0 Å². The molecule has 0 spiro atoms. The van der Waals surface area contributed by atoms with Gasteiger partial charge in [-0.2, -0.15) is 0 Å². The first kappa shape index (κ1) is 15.9. The van der Waals surface area contributed by atoms with E-state index in [-0.39, 0.29) is 20.3 Å². The van der Waals surface area contributed by atoms with Gasteiger partial charge in [-0.05, 0) is 0 Å². The Labute approximate surface area is 93.5 Å². The Balaban J connectivity index is -0.000000605. The van der Waals surface area contributed by atoms with E-state index in [9.17, 15) is 0 Å². The molecule has 13 heavy (non-hydrogen) atoms. The third-order valence-electron chi connectivity index (χ3n) is 1.24. The second-order valence-corrected chi connectivity index (χ2v) is 2.21. The SMILES string of the molecule is COCCOCCOCCOC.[H-].[Li+]. The summed E-state index contributed by atoms with van der Waals surface area (Å²) in [7, 11) is 3.30. The van der Waals surface area contributed by atoms with Crippen LogP contribution < -0.4 is 18.9 Å². The van der Waals surface area contributed by atoms with E-state index in [1.165, 1.54) is 0 Å². The van der Waals surface area contributed by atoms with Crippen LogP contribution in [0.2, 0.25) is 0 Å². The molecule has 0 aliphatic rings. The third-order valence-corrected chi connectivity index (χ3v) is 1.24. The molecular formula is C8H19LiO4. The zero-order valence-electron chi connectivity index (χ0n) is 9.88. The van der Waals surface area contributed by atoms with Crippen molar-refractivity contribution in [1.82, 2.24) is 0 Å². The van der Waals surface area contributed by atoms with E-state index in [4.69, 9.17) is 18.9 Å². The van der Waals surface area contributed by atoms with Crippen LogP contribution in [0.3, 0.4) is 0 Å². The van der Waals surface area contributed by atoms with E-state index in [1.54, 1.807) is 14.2 Å². The van der Waals surface area contributed by atoms with E-state index >= 15 is 0 Å². The van der Waals surface area contributed by atoms with E-state index < -0.39 is 0 Å². The first-order chi connectivity index (χ1) is 5.91. The molecule has 0 fully saturated rings. The Morgan fingerprint density at radius 3 is 1.31 bits per heavy atom.